The molecule has 0 heterocycles. The average molecular weight is 314 g/mol. The van der Waals surface area contributed by atoms with Gasteiger partial charge in [-0.3, -0.25) is 4.79 Å². The molecule has 1 aliphatic rings. The van der Waals surface area contributed by atoms with Crippen molar-refractivity contribution in [2.24, 2.45) is 5.92 Å². The quantitative estimate of drug-likeness (QED) is 0.783. The van der Waals surface area contributed by atoms with Crippen molar-refractivity contribution in [2.45, 2.75) is 24.9 Å². The number of rotatable bonds is 5. The first-order valence-electron chi connectivity index (χ1n) is 6.80. The summed E-state index contributed by atoms with van der Waals surface area (Å²) in [6, 6.07) is 7.35. The number of hydrogen-bond donors (Lipinski definition) is 0. The lowest BCUT2D eigenvalue weighted by Gasteiger charge is -2.23. The summed E-state index contributed by atoms with van der Waals surface area (Å²) in [5.74, 6) is -1.70. The molecule has 3 nitrogen and oxygen atoms in total. The van der Waals surface area contributed by atoms with Gasteiger partial charge in [0.1, 0.15) is 12.4 Å². The zero-order valence-electron chi connectivity index (χ0n) is 11.6. The molecule has 7 heteroatoms. The van der Waals surface area contributed by atoms with Gasteiger partial charge in [-0.15, -0.1) is 0 Å². The van der Waals surface area contributed by atoms with Crippen molar-refractivity contribution in [1.29, 1.82) is 5.26 Å². The first kappa shape index (κ1) is 16.3. The van der Waals surface area contributed by atoms with Crippen molar-refractivity contribution in [3.05, 3.63) is 35.6 Å². The Balaban J connectivity index is 2.02. The number of halogens is 4. The highest BCUT2D eigenvalue weighted by molar-refractivity contribution is 5.83. The van der Waals surface area contributed by atoms with Gasteiger partial charge in [0.2, 0.25) is 5.91 Å². The van der Waals surface area contributed by atoms with Crippen molar-refractivity contribution in [2.75, 3.05) is 13.1 Å². The van der Waals surface area contributed by atoms with Crippen LogP contribution in [0.15, 0.2) is 24.3 Å². The maximum Gasteiger partial charge on any atom is 0.406 e. The van der Waals surface area contributed by atoms with E-state index in [9.17, 15) is 22.4 Å². The molecule has 1 aromatic rings. The van der Waals surface area contributed by atoms with Crippen LogP contribution in [-0.2, 0) is 4.79 Å². The number of alkyl halides is 3. The Morgan fingerprint density at radius 1 is 1.32 bits per heavy atom. The molecule has 2 rings (SSSR count). The van der Waals surface area contributed by atoms with Crippen LogP contribution in [0.4, 0.5) is 17.6 Å². The molecule has 1 saturated carbocycles. The van der Waals surface area contributed by atoms with Crippen molar-refractivity contribution < 1.29 is 22.4 Å². The zero-order chi connectivity index (χ0) is 16.3. The second kappa shape index (κ2) is 6.34. The number of carbonyl (C=O) groups is 1. The van der Waals surface area contributed by atoms with Crippen molar-refractivity contribution in [3.8, 4) is 6.07 Å². The molecule has 0 spiro atoms. The van der Waals surface area contributed by atoms with Gasteiger partial charge in [-0.2, -0.15) is 18.4 Å². The van der Waals surface area contributed by atoms with E-state index in [0.717, 1.165) is 5.56 Å². The van der Waals surface area contributed by atoms with Crippen LogP contribution in [0.3, 0.4) is 0 Å². The van der Waals surface area contributed by atoms with Crippen LogP contribution in [0.2, 0.25) is 0 Å². The second-order valence-electron chi connectivity index (χ2n) is 5.28. The molecule has 0 aromatic heterocycles. The molecule has 118 valence electrons. The summed E-state index contributed by atoms with van der Waals surface area (Å²) >= 11 is 0. The fourth-order valence-electron chi connectivity index (χ4n) is 2.45. The number of hydrogen-bond acceptors (Lipinski definition) is 2. The van der Waals surface area contributed by atoms with Gasteiger partial charge in [-0.05, 0) is 30.0 Å². The summed E-state index contributed by atoms with van der Waals surface area (Å²) in [6.07, 6.45) is -4.19. The van der Waals surface area contributed by atoms with Gasteiger partial charge in [-0.25, -0.2) is 4.39 Å². The number of carbonyl (C=O) groups excluding carboxylic acids is 1. The largest absolute Gasteiger partial charge is 0.406 e. The van der Waals surface area contributed by atoms with Gasteiger partial charge in [0.25, 0.3) is 0 Å². The first-order valence-corrected chi connectivity index (χ1v) is 6.80. The minimum Gasteiger partial charge on any atom is -0.332 e. The van der Waals surface area contributed by atoms with Gasteiger partial charge in [0.15, 0.2) is 0 Å². The topological polar surface area (TPSA) is 44.1 Å². The van der Waals surface area contributed by atoms with E-state index in [1.54, 1.807) is 6.07 Å². The predicted octanol–water partition coefficient (Wildman–Crippen LogP) is 3.23. The molecular weight excluding hydrogens is 300 g/mol. The van der Waals surface area contributed by atoms with Crippen LogP contribution < -0.4 is 0 Å². The third-order valence-electron chi connectivity index (χ3n) is 3.58. The highest BCUT2D eigenvalue weighted by Gasteiger charge is 2.47. The number of nitriles is 1. The Kier molecular flexibility index (Phi) is 4.69. The monoisotopic (exact) mass is 314 g/mol. The first-order chi connectivity index (χ1) is 10.3. The van der Waals surface area contributed by atoms with Gasteiger partial charge >= 0.3 is 6.18 Å². The summed E-state index contributed by atoms with van der Waals surface area (Å²) in [5, 5.41) is 8.50. The van der Waals surface area contributed by atoms with Crippen LogP contribution in [-0.4, -0.2) is 30.1 Å². The fraction of sp³-hybridized carbons (Fsp3) is 0.467. The molecule has 1 aromatic carbocycles. The molecule has 0 aliphatic heterocycles. The van der Waals surface area contributed by atoms with Gasteiger partial charge in [0.05, 0.1) is 12.5 Å². The molecule has 1 fully saturated rings. The Hall–Kier alpha value is -2.10. The van der Waals surface area contributed by atoms with E-state index in [4.69, 9.17) is 5.26 Å². The van der Waals surface area contributed by atoms with Crippen LogP contribution in [0.25, 0.3) is 0 Å². The number of amides is 1. The lowest BCUT2D eigenvalue weighted by molar-refractivity contribution is -0.162. The van der Waals surface area contributed by atoms with Crippen molar-refractivity contribution >= 4 is 5.91 Å². The van der Waals surface area contributed by atoms with Gasteiger partial charge in [-0.1, -0.05) is 12.1 Å². The molecule has 0 N–H and O–H groups in total. The van der Waals surface area contributed by atoms with Crippen molar-refractivity contribution in [3.63, 3.8) is 0 Å². The third-order valence-corrected chi connectivity index (χ3v) is 3.58. The van der Waals surface area contributed by atoms with E-state index in [0.29, 0.717) is 11.3 Å². The van der Waals surface area contributed by atoms with Crippen LogP contribution >= 0.6 is 0 Å². The highest BCUT2D eigenvalue weighted by Crippen LogP contribution is 2.48. The van der Waals surface area contributed by atoms with Crippen LogP contribution in [0.5, 0.6) is 0 Å². The summed E-state index contributed by atoms with van der Waals surface area (Å²) in [6.45, 7) is -1.58. The van der Waals surface area contributed by atoms with Gasteiger partial charge in [0, 0.05) is 12.5 Å². The molecule has 0 unspecified atom stereocenters. The normalized spacial score (nSPS) is 20.3. The molecular formula is C15H14F4N2O. The molecule has 0 radical (unpaired) electrons. The van der Waals surface area contributed by atoms with E-state index in [1.165, 1.54) is 24.3 Å². The van der Waals surface area contributed by atoms with E-state index in [1.807, 2.05) is 0 Å². The summed E-state index contributed by atoms with van der Waals surface area (Å²) < 4.78 is 50.4. The highest BCUT2D eigenvalue weighted by atomic mass is 19.4. The smallest absolute Gasteiger partial charge is 0.332 e. The van der Waals surface area contributed by atoms with E-state index in [2.05, 4.69) is 0 Å². The molecule has 22 heavy (non-hydrogen) atoms. The Morgan fingerprint density at radius 3 is 2.50 bits per heavy atom. The third kappa shape index (κ3) is 4.20. The zero-order valence-corrected chi connectivity index (χ0v) is 11.6. The maximum absolute atomic E-state index is 12.8. The fourth-order valence-corrected chi connectivity index (χ4v) is 2.45. The second-order valence-corrected chi connectivity index (χ2v) is 5.28. The standard InChI is InChI=1S/C15H14F4N2O/c16-11-4-2-10(3-5-11)12-8-13(12)14(22)21(7-1-6-20)9-15(17,18)19/h2-5,12-13H,1,7-9H2/t12-,13+/m1/s1. The molecule has 1 aliphatic carbocycles. The van der Waals surface area contributed by atoms with Gasteiger partial charge < -0.3 is 4.90 Å². The molecule has 0 saturated heterocycles. The SMILES string of the molecule is N#CCCN(CC(F)(F)F)C(=O)[C@H]1C[C@@H]1c1ccc(F)cc1. The lowest BCUT2D eigenvalue weighted by atomic mass is 10.1. The number of benzene rings is 1. The Bertz CT molecular complexity index is 577. The molecule has 2 atom stereocenters. The summed E-state index contributed by atoms with van der Waals surface area (Å²) in [5.41, 5.74) is 0.743. The predicted molar refractivity (Wildman–Crippen MR) is 70.1 cm³/mol. The number of nitrogens with zero attached hydrogens (tertiary/aromatic N) is 2. The molecule has 1 amide bonds. The maximum atomic E-state index is 12.8. The van der Waals surface area contributed by atoms with Crippen LogP contribution in [0, 0.1) is 23.1 Å². The van der Waals surface area contributed by atoms with E-state index >= 15 is 0 Å². The Morgan fingerprint density at radius 2 is 1.95 bits per heavy atom. The minimum atomic E-state index is -4.49. The summed E-state index contributed by atoms with van der Waals surface area (Å²) in [7, 11) is 0. The average Bonchev–Trinajstić information content (AvgIpc) is 3.22. The van der Waals surface area contributed by atoms with E-state index in [-0.39, 0.29) is 18.9 Å². The van der Waals surface area contributed by atoms with E-state index < -0.39 is 30.4 Å². The molecule has 0 bridgehead atoms. The Labute approximate surface area is 125 Å². The minimum absolute atomic E-state index is 0.143. The van der Waals surface area contributed by atoms with Crippen molar-refractivity contribution in [1.82, 2.24) is 4.90 Å². The summed E-state index contributed by atoms with van der Waals surface area (Å²) in [4.78, 5) is 12.9. The lowest BCUT2D eigenvalue weighted by Crippen LogP contribution is -2.40. The van der Waals surface area contributed by atoms with Crippen LogP contribution in [0.1, 0.15) is 24.3 Å².